The normalized spacial score (nSPS) is 20.3. The van der Waals surface area contributed by atoms with Crippen LogP contribution < -0.4 is 9.80 Å². The molecule has 32 heavy (non-hydrogen) atoms. The molecule has 3 aliphatic heterocycles. The Kier molecular flexibility index (Phi) is 5.33. The van der Waals surface area contributed by atoms with Crippen LogP contribution in [0, 0.1) is 11.7 Å². The molecule has 2 saturated heterocycles. The van der Waals surface area contributed by atoms with E-state index in [9.17, 15) is 14.4 Å². The Balaban J connectivity index is 1.55. The first-order valence-corrected chi connectivity index (χ1v) is 10.9. The van der Waals surface area contributed by atoms with Gasteiger partial charge in [-0.2, -0.15) is 0 Å². The smallest absolute Gasteiger partial charge is 0.410 e. The molecule has 174 valence electrons. The van der Waals surface area contributed by atoms with Crippen LogP contribution in [0.3, 0.4) is 0 Å². The van der Waals surface area contributed by atoms with Crippen LogP contribution in [-0.2, 0) is 24.5 Å². The van der Waals surface area contributed by atoms with Gasteiger partial charge in [0.1, 0.15) is 11.4 Å². The summed E-state index contributed by atoms with van der Waals surface area (Å²) in [5.41, 5.74) is 0.0209. The SMILES string of the molecule is COC(=O)C1CN(c2cc(F)c3c(c2)N(C)C(=O)C32CCN(C(=O)OC(C)(C)C)CC2)C1. The highest BCUT2D eigenvalue weighted by Crippen LogP contribution is 2.50. The fourth-order valence-corrected chi connectivity index (χ4v) is 4.90. The number of likely N-dealkylation sites (N-methyl/N-ethyl adjacent to an activating group) is 1. The van der Waals surface area contributed by atoms with Crippen LogP contribution in [0.1, 0.15) is 39.2 Å². The van der Waals surface area contributed by atoms with E-state index in [-0.39, 0.29) is 17.8 Å². The Morgan fingerprint density at radius 2 is 1.78 bits per heavy atom. The van der Waals surface area contributed by atoms with Crippen molar-refractivity contribution in [3.05, 3.63) is 23.5 Å². The van der Waals surface area contributed by atoms with Crippen molar-refractivity contribution in [2.24, 2.45) is 5.92 Å². The van der Waals surface area contributed by atoms with Gasteiger partial charge in [0.15, 0.2) is 0 Å². The zero-order valence-electron chi connectivity index (χ0n) is 19.2. The number of likely N-dealkylation sites (tertiary alicyclic amines) is 1. The number of piperidine rings is 1. The molecule has 1 aromatic carbocycles. The van der Waals surface area contributed by atoms with Gasteiger partial charge in [-0.05, 0) is 45.7 Å². The van der Waals surface area contributed by atoms with Crippen molar-refractivity contribution in [2.45, 2.75) is 44.6 Å². The molecule has 0 N–H and O–H groups in total. The highest BCUT2D eigenvalue weighted by atomic mass is 19.1. The number of ether oxygens (including phenoxy) is 2. The number of fused-ring (bicyclic) bond motifs is 2. The monoisotopic (exact) mass is 447 g/mol. The number of carbonyl (C=O) groups excluding carboxylic acids is 3. The van der Waals surface area contributed by atoms with Crippen molar-refractivity contribution in [1.29, 1.82) is 0 Å². The van der Waals surface area contributed by atoms with E-state index in [0.29, 0.717) is 56.0 Å². The van der Waals surface area contributed by atoms with Crippen LogP contribution in [0.15, 0.2) is 12.1 Å². The first-order valence-electron chi connectivity index (χ1n) is 10.9. The molecular weight excluding hydrogens is 417 g/mol. The first kappa shape index (κ1) is 22.4. The van der Waals surface area contributed by atoms with E-state index >= 15 is 4.39 Å². The van der Waals surface area contributed by atoms with Gasteiger partial charge in [-0.1, -0.05) is 0 Å². The molecule has 4 rings (SSSR count). The minimum Gasteiger partial charge on any atom is -0.469 e. The van der Waals surface area contributed by atoms with Crippen molar-refractivity contribution in [3.8, 4) is 0 Å². The third-order valence-corrected chi connectivity index (χ3v) is 6.66. The Hall–Kier alpha value is -2.84. The van der Waals surface area contributed by atoms with E-state index in [4.69, 9.17) is 9.47 Å². The highest BCUT2D eigenvalue weighted by Gasteiger charge is 2.53. The number of hydrogen-bond donors (Lipinski definition) is 0. The lowest BCUT2D eigenvalue weighted by Gasteiger charge is -2.40. The van der Waals surface area contributed by atoms with Gasteiger partial charge in [-0.3, -0.25) is 9.59 Å². The van der Waals surface area contributed by atoms with Crippen LogP contribution in [0.5, 0.6) is 0 Å². The fourth-order valence-electron chi connectivity index (χ4n) is 4.90. The summed E-state index contributed by atoms with van der Waals surface area (Å²) in [6.45, 7) is 6.97. The van der Waals surface area contributed by atoms with Gasteiger partial charge in [0.25, 0.3) is 0 Å². The first-order chi connectivity index (χ1) is 15.0. The molecule has 2 fully saturated rings. The van der Waals surface area contributed by atoms with Crippen LogP contribution in [0.25, 0.3) is 0 Å². The minimum atomic E-state index is -0.977. The Morgan fingerprint density at radius 3 is 2.34 bits per heavy atom. The average molecular weight is 448 g/mol. The molecule has 0 aliphatic carbocycles. The lowest BCUT2D eigenvalue weighted by atomic mass is 9.73. The number of anilines is 2. The van der Waals surface area contributed by atoms with Crippen LogP contribution >= 0.6 is 0 Å². The number of benzene rings is 1. The molecule has 8 nitrogen and oxygen atoms in total. The molecule has 3 heterocycles. The van der Waals surface area contributed by atoms with Crippen molar-refractivity contribution >= 4 is 29.3 Å². The molecule has 2 amide bonds. The van der Waals surface area contributed by atoms with E-state index < -0.39 is 22.9 Å². The van der Waals surface area contributed by atoms with Gasteiger partial charge in [0, 0.05) is 44.5 Å². The topological polar surface area (TPSA) is 79.4 Å². The summed E-state index contributed by atoms with van der Waals surface area (Å²) in [5.74, 6) is -1.07. The van der Waals surface area contributed by atoms with E-state index in [0.717, 1.165) is 0 Å². The van der Waals surface area contributed by atoms with Crippen molar-refractivity contribution < 1.29 is 28.2 Å². The molecule has 0 saturated carbocycles. The van der Waals surface area contributed by atoms with Crippen LogP contribution in [0.2, 0.25) is 0 Å². The molecule has 0 aromatic heterocycles. The van der Waals surface area contributed by atoms with E-state index in [1.54, 1.807) is 32.7 Å². The average Bonchev–Trinajstić information content (AvgIpc) is 2.88. The second-order valence-electron chi connectivity index (χ2n) is 9.86. The summed E-state index contributed by atoms with van der Waals surface area (Å²) in [6.07, 6.45) is 0.264. The van der Waals surface area contributed by atoms with E-state index in [1.807, 2.05) is 11.0 Å². The third kappa shape index (κ3) is 3.57. The predicted molar refractivity (Wildman–Crippen MR) is 116 cm³/mol. The lowest BCUT2D eigenvalue weighted by molar-refractivity contribution is -0.146. The van der Waals surface area contributed by atoms with Crippen molar-refractivity contribution in [2.75, 3.05) is 50.1 Å². The number of nitrogens with zero attached hydrogens (tertiary/aromatic N) is 3. The van der Waals surface area contributed by atoms with Crippen LogP contribution in [0.4, 0.5) is 20.6 Å². The molecule has 0 unspecified atom stereocenters. The number of rotatable bonds is 2. The van der Waals surface area contributed by atoms with Crippen molar-refractivity contribution in [1.82, 2.24) is 4.90 Å². The van der Waals surface area contributed by atoms with Gasteiger partial charge in [-0.25, -0.2) is 9.18 Å². The molecule has 3 aliphatic rings. The second-order valence-corrected chi connectivity index (χ2v) is 9.86. The molecule has 0 bridgehead atoms. The van der Waals surface area contributed by atoms with Gasteiger partial charge in [0.2, 0.25) is 5.91 Å². The summed E-state index contributed by atoms with van der Waals surface area (Å²) in [4.78, 5) is 42.4. The maximum Gasteiger partial charge on any atom is 0.410 e. The summed E-state index contributed by atoms with van der Waals surface area (Å²) in [6, 6.07) is 3.26. The third-order valence-electron chi connectivity index (χ3n) is 6.66. The highest BCUT2D eigenvalue weighted by molar-refractivity contribution is 6.08. The standard InChI is InChI=1S/C23H30FN3O5/c1-22(2,3)32-21(30)26-8-6-23(7-9-26)18-16(24)10-15(11-17(18)25(4)20(23)29)27-12-14(13-27)19(28)31-5/h10-11,14H,6-9,12-13H2,1-5H3. The second kappa shape index (κ2) is 7.64. The van der Waals surface area contributed by atoms with Gasteiger partial charge < -0.3 is 24.2 Å². The number of amides is 2. The van der Waals surface area contributed by atoms with Gasteiger partial charge in [-0.15, -0.1) is 0 Å². The molecule has 9 heteroatoms. The van der Waals surface area contributed by atoms with Gasteiger partial charge in [0.05, 0.1) is 24.1 Å². The molecule has 0 radical (unpaired) electrons. The molecule has 0 atom stereocenters. The minimum absolute atomic E-state index is 0.150. The molecule has 1 aromatic rings. The maximum absolute atomic E-state index is 15.4. The lowest BCUT2D eigenvalue weighted by Crippen LogP contribution is -2.51. The van der Waals surface area contributed by atoms with Gasteiger partial charge >= 0.3 is 12.1 Å². The maximum atomic E-state index is 15.4. The van der Waals surface area contributed by atoms with E-state index in [2.05, 4.69) is 0 Å². The quantitative estimate of drug-likeness (QED) is 0.649. The van der Waals surface area contributed by atoms with E-state index in [1.165, 1.54) is 18.1 Å². The summed E-state index contributed by atoms with van der Waals surface area (Å²) < 4.78 is 25.7. The number of methoxy groups -OCH3 is 1. The summed E-state index contributed by atoms with van der Waals surface area (Å²) in [5, 5.41) is 0. The zero-order chi connectivity index (χ0) is 23.4. The summed E-state index contributed by atoms with van der Waals surface area (Å²) in [7, 11) is 3.01. The Labute approximate surface area is 187 Å². The zero-order valence-corrected chi connectivity index (χ0v) is 19.2. The molecule has 1 spiro atoms. The Morgan fingerprint density at radius 1 is 1.16 bits per heavy atom. The fraction of sp³-hybridized carbons (Fsp3) is 0.609. The number of hydrogen-bond acceptors (Lipinski definition) is 6. The predicted octanol–water partition coefficient (Wildman–Crippen LogP) is 2.68. The largest absolute Gasteiger partial charge is 0.469 e. The van der Waals surface area contributed by atoms with Crippen molar-refractivity contribution in [3.63, 3.8) is 0 Å². The number of halogens is 1. The summed E-state index contributed by atoms with van der Waals surface area (Å²) >= 11 is 0. The number of carbonyl (C=O) groups is 3. The van der Waals surface area contributed by atoms with Crippen LogP contribution in [-0.4, -0.2) is 68.8 Å². The Bertz CT molecular complexity index is 959. The number of esters is 1. The molecular formula is C23H30FN3O5.